The molecule has 4 nitrogen and oxygen atoms in total. The molecule has 0 aromatic carbocycles. The third kappa shape index (κ3) is 4.76. The summed E-state index contributed by atoms with van der Waals surface area (Å²) in [4.78, 5) is 16.6. The standard InChI is InChI=1S/C14H25N3O.2ClH/c18-14(11-15-10-12-4-5-12)17-8-6-16(7-9-17)13-2-1-3-13;;/h12-13,15H,1-11H2;2*1H. The fourth-order valence-corrected chi connectivity index (χ4v) is 2.91. The van der Waals surface area contributed by atoms with Gasteiger partial charge in [-0.1, -0.05) is 6.42 Å². The Morgan fingerprint density at radius 3 is 2.15 bits per heavy atom. The zero-order valence-corrected chi connectivity index (χ0v) is 13.7. The van der Waals surface area contributed by atoms with Crippen molar-refractivity contribution in [3.05, 3.63) is 0 Å². The predicted molar refractivity (Wildman–Crippen MR) is 85.9 cm³/mol. The van der Waals surface area contributed by atoms with Gasteiger partial charge in [-0.3, -0.25) is 9.69 Å². The molecule has 0 aromatic heterocycles. The number of rotatable bonds is 5. The molecule has 1 amide bonds. The second-order valence-electron chi connectivity index (χ2n) is 6.08. The maximum absolute atomic E-state index is 12.0. The molecule has 0 bridgehead atoms. The van der Waals surface area contributed by atoms with Crippen molar-refractivity contribution in [2.24, 2.45) is 5.92 Å². The summed E-state index contributed by atoms with van der Waals surface area (Å²) in [6, 6.07) is 0.829. The van der Waals surface area contributed by atoms with Crippen molar-refractivity contribution in [2.45, 2.75) is 38.1 Å². The van der Waals surface area contributed by atoms with Crippen LogP contribution in [-0.4, -0.2) is 61.0 Å². The van der Waals surface area contributed by atoms with E-state index in [2.05, 4.69) is 10.2 Å². The number of amides is 1. The highest BCUT2D eigenvalue weighted by atomic mass is 35.5. The summed E-state index contributed by atoms with van der Waals surface area (Å²) in [6.45, 7) is 5.60. The first-order valence-corrected chi connectivity index (χ1v) is 7.55. The summed E-state index contributed by atoms with van der Waals surface area (Å²) < 4.78 is 0. The van der Waals surface area contributed by atoms with E-state index in [1.165, 1.54) is 32.1 Å². The first-order chi connectivity index (χ1) is 8.83. The second kappa shape index (κ2) is 8.42. The molecule has 0 atom stereocenters. The van der Waals surface area contributed by atoms with Crippen molar-refractivity contribution in [3.63, 3.8) is 0 Å². The Kier molecular flexibility index (Phi) is 7.59. The molecule has 118 valence electrons. The Morgan fingerprint density at radius 1 is 1.00 bits per heavy atom. The second-order valence-corrected chi connectivity index (χ2v) is 6.08. The minimum Gasteiger partial charge on any atom is -0.339 e. The van der Waals surface area contributed by atoms with E-state index in [-0.39, 0.29) is 24.8 Å². The number of halogens is 2. The average molecular weight is 324 g/mol. The Labute approximate surface area is 134 Å². The van der Waals surface area contributed by atoms with Crippen molar-refractivity contribution in [2.75, 3.05) is 39.3 Å². The summed E-state index contributed by atoms with van der Waals surface area (Å²) in [6.07, 6.45) is 6.84. The Hall–Kier alpha value is -0.0300. The van der Waals surface area contributed by atoms with Gasteiger partial charge in [-0.25, -0.2) is 0 Å². The van der Waals surface area contributed by atoms with E-state index in [4.69, 9.17) is 0 Å². The molecule has 3 aliphatic rings. The summed E-state index contributed by atoms with van der Waals surface area (Å²) >= 11 is 0. The topological polar surface area (TPSA) is 35.6 Å². The third-order valence-electron chi connectivity index (χ3n) is 4.66. The summed E-state index contributed by atoms with van der Waals surface area (Å²) in [5.74, 6) is 1.15. The molecule has 1 N–H and O–H groups in total. The maximum atomic E-state index is 12.0. The van der Waals surface area contributed by atoms with Crippen LogP contribution in [-0.2, 0) is 4.79 Å². The lowest BCUT2D eigenvalue weighted by Crippen LogP contribution is -2.54. The number of nitrogens with zero attached hydrogens (tertiary/aromatic N) is 2. The molecular weight excluding hydrogens is 297 g/mol. The molecular formula is C14H27Cl2N3O. The largest absolute Gasteiger partial charge is 0.339 e. The first kappa shape index (κ1) is 18.0. The molecule has 0 unspecified atom stereocenters. The van der Waals surface area contributed by atoms with E-state index in [1.54, 1.807) is 0 Å². The van der Waals surface area contributed by atoms with Gasteiger partial charge in [0.1, 0.15) is 0 Å². The fraction of sp³-hybridized carbons (Fsp3) is 0.929. The zero-order valence-electron chi connectivity index (χ0n) is 12.1. The quantitative estimate of drug-likeness (QED) is 0.833. The van der Waals surface area contributed by atoms with Crippen LogP contribution in [0.1, 0.15) is 32.1 Å². The molecule has 1 aliphatic heterocycles. The number of carbonyl (C=O) groups is 1. The molecule has 0 spiro atoms. The van der Waals surface area contributed by atoms with Crippen LogP contribution < -0.4 is 5.32 Å². The number of hydrogen-bond donors (Lipinski definition) is 1. The number of carbonyl (C=O) groups excluding carboxylic acids is 1. The van der Waals surface area contributed by atoms with Gasteiger partial charge in [0.15, 0.2) is 0 Å². The van der Waals surface area contributed by atoms with Crippen LogP contribution in [0.2, 0.25) is 0 Å². The number of nitrogens with one attached hydrogen (secondary N) is 1. The Bertz CT molecular complexity index is 301. The van der Waals surface area contributed by atoms with E-state index in [0.29, 0.717) is 12.5 Å². The summed E-state index contributed by atoms with van der Waals surface area (Å²) in [5, 5.41) is 3.30. The van der Waals surface area contributed by atoms with Gasteiger partial charge in [-0.05, 0) is 38.1 Å². The van der Waals surface area contributed by atoms with E-state index in [1.807, 2.05) is 4.90 Å². The van der Waals surface area contributed by atoms with Crippen molar-refractivity contribution in [3.8, 4) is 0 Å². The van der Waals surface area contributed by atoms with Crippen molar-refractivity contribution >= 4 is 30.7 Å². The van der Waals surface area contributed by atoms with Crippen LogP contribution >= 0.6 is 24.8 Å². The molecule has 1 saturated heterocycles. The summed E-state index contributed by atoms with van der Waals surface area (Å²) in [5.41, 5.74) is 0. The van der Waals surface area contributed by atoms with Crippen LogP contribution in [0.4, 0.5) is 0 Å². The number of piperazine rings is 1. The van der Waals surface area contributed by atoms with Gasteiger partial charge in [-0.15, -0.1) is 24.8 Å². The third-order valence-corrected chi connectivity index (χ3v) is 4.66. The first-order valence-electron chi connectivity index (χ1n) is 7.55. The highest BCUT2D eigenvalue weighted by molar-refractivity contribution is 5.85. The lowest BCUT2D eigenvalue weighted by molar-refractivity contribution is -0.132. The molecule has 2 aliphatic carbocycles. The van der Waals surface area contributed by atoms with Crippen LogP contribution in [0.25, 0.3) is 0 Å². The number of hydrogen-bond acceptors (Lipinski definition) is 3. The maximum Gasteiger partial charge on any atom is 0.236 e. The molecule has 3 fully saturated rings. The van der Waals surface area contributed by atoms with E-state index in [9.17, 15) is 4.79 Å². The van der Waals surface area contributed by atoms with Gasteiger partial charge in [0.2, 0.25) is 5.91 Å². The lowest BCUT2D eigenvalue weighted by Gasteiger charge is -2.43. The molecule has 2 saturated carbocycles. The highest BCUT2D eigenvalue weighted by Crippen LogP contribution is 2.27. The predicted octanol–water partition coefficient (Wildman–Crippen LogP) is 1.53. The lowest BCUT2D eigenvalue weighted by atomic mass is 9.91. The van der Waals surface area contributed by atoms with E-state index >= 15 is 0 Å². The van der Waals surface area contributed by atoms with Gasteiger partial charge in [0.25, 0.3) is 0 Å². The Balaban J connectivity index is 0.000001000. The minimum atomic E-state index is 0. The smallest absolute Gasteiger partial charge is 0.236 e. The van der Waals surface area contributed by atoms with E-state index < -0.39 is 0 Å². The Morgan fingerprint density at radius 2 is 1.65 bits per heavy atom. The molecule has 1 heterocycles. The molecule has 0 radical (unpaired) electrons. The van der Waals surface area contributed by atoms with Gasteiger partial charge < -0.3 is 10.2 Å². The van der Waals surface area contributed by atoms with Crippen LogP contribution in [0.3, 0.4) is 0 Å². The normalized spacial score (nSPS) is 23.5. The molecule has 20 heavy (non-hydrogen) atoms. The van der Waals surface area contributed by atoms with Gasteiger partial charge in [-0.2, -0.15) is 0 Å². The van der Waals surface area contributed by atoms with Crippen molar-refractivity contribution < 1.29 is 4.79 Å². The monoisotopic (exact) mass is 323 g/mol. The molecule has 0 aromatic rings. The van der Waals surface area contributed by atoms with Crippen molar-refractivity contribution in [1.82, 2.24) is 15.1 Å². The van der Waals surface area contributed by atoms with Crippen LogP contribution in [0.5, 0.6) is 0 Å². The summed E-state index contributed by atoms with van der Waals surface area (Å²) in [7, 11) is 0. The molecule has 6 heteroatoms. The van der Waals surface area contributed by atoms with Crippen LogP contribution in [0, 0.1) is 5.92 Å². The van der Waals surface area contributed by atoms with Gasteiger partial charge in [0, 0.05) is 32.2 Å². The van der Waals surface area contributed by atoms with Gasteiger partial charge >= 0.3 is 0 Å². The fourth-order valence-electron chi connectivity index (χ4n) is 2.91. The van der Waals surface area contributed by atoms with Gasteiger partial charge in [0.05, 0.1) is 6.54 Å². The zero-order chi connectivity index (χ0) is 12.4. The van der Waals surface area contributed by atoms with Crippen LogP contribution in [0.15, 0.2) is 0 Å². The minimum absolute atomic E-state index is 0. The highest BCUT2D eigenvalue weighted by Gasteiger charge is 2.29. The van der Waals surface area contributed by atoms with E-state index in [0.717, 1.165) is 44.7 Å². The van der Waals surface area contributed by atoms with Crippen molar-refractivity contribution in [1.29, 1.82) is 0 Å². The molecule has 3 rings (SSSR count). The average Bonchev–Trinajstić information content (AvgIpc) is 3.12. The SMILES string of the molecule is Cl.Cl.O=C(CNCC1CC1)N1CCN(C2CCC2)CC1.